The van der Waals surface area contributed by atoms with Gasteiger partial charge in [-0.2, -0.15) is 0 Å². The molecule has 0 amide bonds. The Kier molecular flexibility index (Phi) is 3.61. The van der Waals surface area contributed by atoms with Gasteiger partial charge in [-0.05, 0) is 30.7 Å². The van der Waals surface area contributed by atoms with Gasteiger partial charge < -0.3 is 15.5 Å². The minimum absolute atomic E-state index is 0.165. The van der Waals surface area contributed by atoms with Crippen molar-refractivity contribution < 1.29 is 5.21 Å². The lowest BCUT2D eigenvalue weighted by Gasteiger charge is -2.08. The third-order valence-electron chi connectivity index (χ3n) is 2.84. The first-order valence-corrected chi connectivity index (χ1v) is 5.71. The topological polar surface area (TPSA) is 93.5 Å². The van der Waals surface area contributed by atoms with Crippen LogP contribution in [-0.2, 0) is 6.54 Å². The minimum atomic E-state index is -0.317. The lowest BCUT2D eigenvalue weighted by Crippen LogP contribution is -2.30. The Morgan fingerprint density at radius 1 is 1.47 bits per heavy atom. The molecule has 2 aromatic heterocycles. The normalized spacial score (nSPS) is 11.5. The van der Waals surface area contributed by atoms with Crippen LogP contribution in [0.1, 0.15) is 16.8 Å². The van der Waals surface area contributed by atoms with E-state index in [1.165, 1.54) is 10.6 Å². The Morgan fingerprint density at radius 3 is 2.95 bits per heavy atom. The van der Waals surface area contributed by atoms with E-state index in [2.05, 4.69) is 10.1 Å². The van der Waals surface area contributed by atoms with Crippen LogP contribution in [0.3, 0.4) is 0 Å². The smallest absolute Gasteiger partial charge is 0.262 e. The van der Waals surface area contributed by atoms with Crippen molar-refractivity contribution in [1.29, 1.82) is 0 Å². The molecule has 0 aromatic carbocycles. The predicted octanol–water partition coefficient (Wildman–Crippen LogP) is 0.695. The molecule has 2 heterocycles. The summed E-state index contributed by atoms with van der Waals surface area (Å²) >= 11 is 0. The van der Waals surface area contributed by atoms with Crippen molar-refractivity contribution in [3.63, 3.8) is 0 Å². The number of pyridine rings is 2. The molecule has 0 saturated heterocycles. The van der Waals surface area contributed by atoms with Gasteiger partial charge in [-0.1, -0.05) is 11.2 Å². The summed E-state index contributed by atoms with van der Waals surface area (Å²) in [4.78, 5) is 16.4. The molecule has 6 heteroatoms. The molecular formula is C13H14N4O2. The SMILES string of the molecule is Cc1cccnc1Cn1cccc(/C(N)=N/O)c1=O. The average Bonchev–Trinajstić information content (AvgIpc) is 2.42. The molecule has 0 unspecified atom stereocenters. The summed E-state index contributed by atoms with van der Waals surface area (Å²) in [5, 5.41) is 11.5. The molecule has 0 atom stereocenters. The Bertz CT molecular complexity index is 676. The largest absolute Gasteiger partial charge is 0.409 e. The summed E-state index contributed by atoms with van der Waals surface area (Å²) < 4.78 is 1.47. The van der Waals surface area contributed by atoms with Crippen LogP contribution in [0.4, 0.5) is 0 Å². The molecule has 0 spiro atoms. The van der Waals surface area contributed by atoms with Gasteiger partial charge in [0.15, 0.2) is 5.84 Å². The quantitative estimate of drug-likeness (QED) is 0.366. The van der Waals surface area contributed by atoms with Crippen molar-refractivity contribution in [2.75, 3.05) is 0 Å². The molecule has 0 aliphatic rings. The van der Waals surface area contributed by atoms with Gasteiger partial charge in [0.1, 0.15) is 0 Å². The van der Waals surface area contributed by atoms with Crippen molar-refractivity contribution in [1.82, 2.24) is 9.55 Å². The molecule has 0 fully saturated rings. The molecule has 2 aromatic rings. The molecule has 0 radical (unpaired) electrons. The van der Waals surface area contributed by atoms with Crippen molar-refractivity contribution in [3.8, 4) is 0 Å². The fourth-order valence-corrected chi connectivity index (χ4v) is 1.76. The number of aryl methyl sites for hydroxylation is 1. The second-order valence-electron chi connectivity index (χ2n) is 4.11. The lowest BCUT2D eigenvalue weighted by atomic mass is 10.2. The van der Waals surface area contributed by atoms with Gasteiger partial charge in [0.25, 0.3) is 5.56 Å². The molecule has 0 saturated carbocycles. The first-order chi connectivity index (χ1) is 9.13. The van der Waals surface area contributed by atoms with E-state index in [9.17, 15) is 4.79 Å². The summed E-state index contributed by atoms with van der Waals surface area (Å²) in [7, 11) is 0. The second kappa shape index (κ2) is 5.34. The molecule has 6 nitrogen and oxygen atoms in total. The van der Waals surface area contributed by atoms with E-state index >= 15 is 0 Å². The minimum Gasteiger partial charge on any atom is -0.409 e. The van der Waals surface area contributed by atoms with Crippen LogP contribution < -0.4 is 11.3 Å². The lowest BCUT2D eigenvalue weighted by molar-refractivity contribution is 0.318. The molecule has 2 rings (SSSR count). The van der Waals surface area contributed by atoms with E-state index in [4.69, 9.17) is 10.9 Å². The molecule has 0 bridgehead atoms. The number of rotatable bonds is 3. The molecular weight excluding hydrogens is 244 g/mol. The number of nitrogens with two attached hydrogens (primary N) is 1. The van der Waals surface area contributed by atoms with Crippen molar-refractivity contribution >= 4 is 5.84 Å². The Hall–Kier alpha value is -2.63. The predicted molar refractivity (Wildman–Crippen MR) is 71.3 cm³/mol. The van der Waals surface area contributed by atoms with Crippen LogP contribution in [0.5, 0.6) is 0 Å². The van der Waals surface area contributed by atoms with Crippen LogP contribution in [0.15, 0.2) is 46.6 Å². The van der Waals surface area contributed by atoms with E-state index in [0.29, 0.717) is 6.54 Å². The number of hydrogen-bond donors (Lipinski definition) is 2. The summed E-state index contributed by atoms with van der Waals surface area (Å²) in [5.74, 6) is -0.197. The second-order valence-corrected chi connectivity index (χ2v) is 4.11. The summed E-state index contributed by atoms with van der Waals surface area (Å²) in [6, 6.07) is 6.96. The molecule has 3 N–H and O–H groups in total. The molecule has 19 heavy (non-hydrogen) atoms. The van der Waals surface area contributed by atoms with Gasteiger partial charge in [0, 0.05) is 12.4 Å². The summed E-state index contributed by atoms with van der Waals surface area (Å²) in [5.41, 5.74) is 7.12. The van der Waals surface area contributed by atoms with Crippen LogP contribution >= 0.6 is 0 Å². The number of hydrogen-bond acceptors (Lipinski definition) is 4. The molecule has 98 valence electrons. The van der Waals surface area contributed by atoms with Gasteiger partial charge >= 0.3 is 0 Å². The number of aromatic nitrogens is 2. The number of nitrogens with zero attached hydrogens (tertiary/aromatic N) is 3. The zero-order chi connectivity index (χ0) is 13.8. The van der Waals surface area contributed by atoms with E-state index in [-0.39, 0.29) is 17.0 Å². The first-order valence-electron chi connectivity index (χ1n) is 5.71. The van der Waals surface area contributed by atoms with E-state index in [1.54, 1.807) is 18.5 Å². The Balaban J connectivity index is 2.43. The van der Waals surface area contributed by atoms with Crippen LogP contribution in [0.25, 0.3) is 0 Å². The van der Waals surface area contributed by atoms with Crippen LogP contribution in [0.2, 0.25) is 0 Å². The number of amidine groups is 1. The highest BCUT2D eigenvalue weighted by atomic mass is 16.4. The van der Waals surface area contributed by atoms with Gasteiger partial charge in [-0.25, -0.2) is 0 Å². The van der Waals surface area contributed by atoms with E-state index in [0.717, 1.165) is 11.3 Å². The Morgan fingerprint density at radius 2 is 2.26 bits per heavy atom. The highest BCUT2D eigenvalue weighted by Crippen LogP contribution is 2.04. The average molecular weight is 258 g/mol. The maximum atomic E-state index is 12.1. The van der Waals surface area contributed by atoms with Gasteiger partial charge in [-0.3, -0.25) is 9.78 Å². The molecule has 0 aliphatic heterocycles. The fourth-order valence-electron chi connectivity index (χ4n) is 1.76. The third-order valence-corrected chi connectivity index (χ3v) is 2.84. The zero-order valence-corrected chi connectivity index (χ0v) is 10.4. The van der Waals surface area contributed by atoms with Gasteiger partial charge in [-0.15, -0.1) is 0 Å². The maximum absolute atomic E-state index is 12.1. The van der Waals surface area contributed by atoms with E-state index < -0.39 is 0 Å². The van der Waals surface area contributed by atoms with Crippen LogP contribution in [-0.4, -0.2) is 20.6 Å². The van der Waals surface area contributed by atoms with Crippen molar-refractivity contribution in [2.24, 2.45) is 10.9 Å². The zero-order valence-electron chi connectivity index (χ0n) is 10.4. The maximum Gasteiger partial charge on any atom is 0.262 e. The third kappa shape index (κ3) is 2.62. The van der Waals surface area contributed by atoms with Gasteiger partial charge in [0.2, 0.25) is 0 Å². The van der Waals surface area contributed by atoms with Crippen molar-refractivity contribution in [2.45, 2.75) is 13.5 Å². The Labute approximate surface area is 109 Å². The molecule has 0 aliphatic carbocycles. The monoisotopic (exact) mass is 258 g/mol. The van der Waals surface area contributed by atoms with Crippen LogP contribution in [0, 0.1) is 6.92 Å². The van der Waals surface area contributed by atoms with Crippen molar-refractivity contribution in [3.05, 3.63) is 63.8 Å². The summed E-state index contributed by atoms with van der Waals surface area (Å²) in [6.45, 7) is 2.28. The highest BCUT2D eigenvalue weighted by Gasteiger charge is 2.08. The summed E-state index contributed by atoms with van der Waals surface area (Å²) in [6.07, 6.45) is 3.32. The van der Waals surface area contributed by atoms with E-state index in [1.807, 2.05) is 19.1 Å². The fraction of sp³-hybridized carbons (Fsp3) is 0.154. The number of oxime groups is 1. The highest BCUT2D eigenvalue weighted by molar-refractivity contribution is 5.96. The first kappa shape index (κ1) is 12.8. The standard InChI is InChI=1S/C13H14N4O2/c1-9-4-2-6-15-11(9)8-17-7-3-5-10(13(17)18)12(14)16-19/h2-7,19H,8H2,1H3,(H2,14,16). The van der Waals surface area contributed by atoms with Gasteiger partial charge in [0.05, 0.1) is 17.8 Å².